The van der Waals surface area contributed by atoms with Gasteiger partial charge in [0.05, 0.1) is 5.41 Å². The average molecular weight is 364 g/mol. The van der Waals surface area contributed by atoms with Crippen molar-refractivity contribution in [2.45, 2.75) is 38.1 Å². The van der Waals surface area contributed by atoms with Crippen LogP contribution in [0.2, 0.25) is 0 Å². The van der Waals surface area contributed by atoms with Crippen molar-refractivity contribution >= 4 is 28.3 Å². The van der Waals surface area contributed by atoms with Crippen LogP contribution in [0, 0.1) is 5.41 Å². The Bertz CT molecular complexity index is 673. The highest BCUT2D eigenvalue weighted by molar-refractivity contribution is 7.13. The lowest BCUT2D eigenvalue weighted by Gasteiger charge is -2.44. The van der Waals surface area contributed by atoms with Gasteiger partial charge in [-0.3, -0.25) is 9.59 Å². The number of primary amides is 1. The largest absolute Gasteiger partial charge is 0.381 e. The number of hydrogen-bond acceptors (Lipinski definition) is 6. The first-order chi connectivity index (χ1) is 12.1. The van der Waals surface area contributed by atoms with Crippen molar-refractivity contribution in [3.8, 4) is 0 Å². The summed E-state index contributed by atoms with van der Waals surface area (Å²) in [5, 5.41) is 2.49. The Kier molecular flexibility index (Phi) is 4.41. The molecule has 8 heteroatoms. The minimum absolute atomic E-state index is 0.297. The standard InChI is InChI=1S/C17H24N4O3S/c18-14(22)13-10-25-16(19-13)20-7-5-17(11-20)4-1-6-21(15(17)23)12-2-8-24-9-3-12/h10,12H,1-9,11H2,(H2,18,22). The summed E-state index contributed by atoms with van der Waals surface area (Å²) >= 11 is 1.43. The molecule has 0 aliphatic carbocycles. The van der Waals surface area contributed by atoms with Crippen LogP contribution in [0.25, 0.3) is 0 Å². The van der Waals surface area contributed by atoms with E-state index in [1.165, 1.54) is 11.3 Å². The maximum Gasteiger partial charge on any atom is 0.268 e. The minimum atomic E-state index is -0.504. The summed E-state index contributed by atoms with van der Waals surface area (Å²) in [6, 6.07) is 0.328. The molecule has 0 bridgehead atoms. The first-order valence-electron chi connectivity index (χ1n) is 8.98. The molecular weight excluding hydrogens is 340 g/mol. The van der Waals surface area contributed by atoms with Gasteiger partial charge in [0, 0.05) is 44.3 Å². The van der Waals surface area contributed by atoms with Gasteiger partial charge in [-0.1, -0.05) is 0 Å². The first kappa shape index (κ1) is 16.8. The van der Waals surface area contributed by atoms with Crippen molar-refractivity contribution < 1.29 is 14.3 Å². The van der Waals surface area contributed by atoms with Crippen LogP contribution in [-0.4, -0.2) is 60.6 Å². The molecule has 1 spiro atoms. The van der Waals surface area contributed by atoms with Crippen LogP contribution >= 0.6 is 11.3 Å². The lowest BCUT2D eigenvalue weighted by Crippen LogP contribution is -2.54. The van der Waals surface area contributed by atoms with Crippen LogP contribution in [-0.2, 0) is 9.53 Å². The Labute approximate surface area is 151 Å². The van der Waals surface area contributed by atoms with Crippen LogP contribution in [0.4, 0.5) is 5.13 Å². The summed E-state index contributed by atoms with van der Waals surface area (Å²) in [5.74, 6) is -0.198. The number of nitrogens with two attached hydrogens (primary N) is 1. The third kappa shape index (κ3) is 3.01. The number of thiazole rings is 1. The lowest BCUT2D eigenvalue weighted by molar-refractivity contribution is -0.149. The summed E-state index contributed by atoms with van der Waals surface area (Å²) in [6.45, 7) is 3.87. The Hall–Kier alpha value is -1.67. The molecule has 1 aromatic heterocycles. The summed E-state index contributed by atoms with van der Waals surface area (Å²) in [6.07, 6.45) is 4.74. The molecule has 3 aliphatic heterocycles. The van der Waals surface area contributed by atoms with E-state index in [-0.39, 0.29) is 5.41 Å². The fraction of sp³-hybridized carbons (Fsp3) is 0.706. The zero-order chi connectivity index (χ0) is 17.4. The minimum Gasteiger partial charge on any atom is -0.381 e. The number of nitrogens with zero attached hydrogens (tertiary/aromatic N) is 3. The molecule has 3 saturated heterocycles. The van der Waals surface area contributed by atoms with E-state index in [2.05, 4.69) is 14.8 Å². The van der Waals surface area contributed by atoms with Crippen molar-refractivity contribution in [2.24, 2.45) is 11.1 Å². The molecule has 25 heavy (non-hydrogen) atoms. The Morgan fingerprint density at radius 2 is 2.12 bits per heavy atom. The number of hydrogen-bond donors (Lipinski definition) is 1. The Balaban J connectivity index is 1.49. The Morgan fingerprint density at radius 1 is 1.32 bits per heavy atom. The molecule has 3 aliphatic rings. The van der Waals surface area contributed by atoms with Crippen LogP contribution < -0.4 is 10.6 Å². The van der Waals surface area contributed by atoms with E-state index < -0.39 is 5.91 Å². The number of amides is 2. The predicted octanol–water partition coefficient (Wildman–Crippen LogP) is 1.24. The van der Waals surface area contributed by atoms with Gasteiger partial charge < -0.3 is 20.3 Å². The topological polar surface area (TPSA) is 88.8 Å². The van der Waals surface area contributed by atoms with E-state index in [0.717, 1.165) is 63.5 Å². The van der Waals surface area contributed by atoms with Crippen LogP contribution in [0.3, 0.4) is 0 Å². The zero-order valence-electron chi connectivity index (χ0n) is 14.3. The second kappa shape index (κ2) is 6.57. The van der Waals surface area contributed by atoms with E-state index in [1.54, 1.807) is 5.38 Å². The highest BCUT2D eigenvalue weighted by Gasteiger charge is 2.50. The van der Waals surface area contributed by atoms with Gasteiger partial charge in [-0.15, -0.1) is 11.3 Å². The molecule has 4 rings (SSSR count). The van der Waals surface area contributed by atoms with E-state index >= 15 is 0 Å². The fourth-order valence-electron chi connectivity index (χ4n) is 4.38. The van der Waals surface area contributed by atoms with Crippen LogP contribution in [0.15, 0.2) is 5.38 Å². The van der Waals surface area contributed by atoms with Gasteiger partial charge in [0.15, 0.2) is 5.13 Å². The molecule has 1 atom stereocenters. The third-order valence-corrected chi connectivity index (χ3v) is 6.67. The molecule has 0 radical (unpaired) electrons. The fourth-order valence-corrected chi connectivity index (χ4v) is 5.22. The monoisotopic (exact) mass is 364 g/mol. The summed E-state index contributed by atoms with van der Waals surface area (Å²) in [5.41, 5.74) is 5.31. The lowest BCUT2D eigenvalue weighted by atomic mass is 9.77. The van der Waals surface area contributed by atoms with E-state index in [4.69, 9.17) is 10.5 Å². The molecular formula is C17H24N4O3S. The van der Waals surface area contributed by atoms with Crippen molar-refractivity contribution in [3.63, 3.8) is 0 Å². The molecule has 7 nitrogen and oxygen atoms in total. The number of carbonyl (C=O) groups excluding carboxylic acids is 2. The second-order valence-corrected chi connectivity index (χ2v) is 8.11. The molecule has 4 heterocycles. The summed E-state index contributed by atoms with van der Waals surface area (Å²) in [7, 11) is 0. The molecule has 1 unspecified atom stereocenters. The van der Waals surface area contributed by atoms with Crippen molar-refractivity contribution in [1.29, 1.82) is 0 Å². The van der Waals surface area contributed by atoms with Crippen LogP contribution in [0.5, 0.6) is 0 Å². The number of anilines is 1. The number of likely N-dealkylation sites (tertiary alicyclic amines) is 1. The summed E-state index contributed by atoms with van der Waals surface area (Å²) in [4.78, 5) is 33.2. The highest BCUT2D eigenvalue weighted by atomic mass is 32.1. The van der Waals surface area contributed by atoms with E-state index in [0.29, 0.717) is 24.2 Å². The summed E-state index contributed by atoms with van der Waals surface area (Å²) < 4.78 is 5.45. The Morgan fingerprint density at radius 3 is 2.84 bits per heavy atom. The first-order valence-corrected chi connectivity index (χ1v) is 9.86. The maximum atomic E-state index is 13.3. The van der Waals surface area contributed by atoms with Gasteiger partial charge in [0.1, 0.15) is 5.69 Å². The van der Waals surface area contributed by atoms with Gasteiger partial charge in [0.25, 0.3) is 5.91 Å². The highest BCUT2D eigenvalue weighted by Crippen LogP contribution is 2.43. The van der Waals surface area contributed by atoms with Crippen molar-refractivity contribution in [1.82, 2.24) is 9.88 Å². The molecule has 3 fully saturated rings. The number of rotatable bonds is 3. The van der Waals surface area contributed by atoms with E-state index in [9.17, 15) is 9.59 Å². The van der Waals surface area contributed by atoms with Crippen molar-refractivity contribution in [2.75, 3.05) is 37.7 Å². The predicted molar refractivity (Wildman–Crippen MR) is 94.7 cm³/mol. The molecule has 1 aromatic rings. The zero-order valence-corrected chi connectivity index (χ0v) is 15.1. The normalized spacial score (nSPS) is 28.1. The van der Waals surface area contributed by atoms with Gasteiger partial charge >= 0.3 is 0 Å². The van der Waals surface area contributed by atoms with Gasteiger partial charge in [-0.25, -0.2) is 4.98 Å². The SMILES string of the molecule is NC(=O)c1csc(N2CCC3(CCCN(C4CCOCC4)C3=O)C2)n1. The van der Waals surface area contributed by atoms with Gasteiger partial charge in [-0.05, 0) is 32.1 Å². The number of aromatic nitrogens is 1. The molecule has 2 amide bonds. The number of carbonyl (C=O) groups is 2. The molecule has 0 aromatic carbocycles. The average Bonchev–Trinajstić information content (AvgIpc) is 3.26. The third-order valence-electron chi connectivity index (χ3n) is 5.77. The van der Waals surface area contributed by atoms with Gasteiger partial charge in [-0.2, -0.15) is 0 Å². The number of ether oxygens (including phenoxy) is 1. The smallest absolute Gasteiger partial charge is 0.268 e. The van der Waals surface area contributed by atoms with Crippen LogP contribution in [0.1, 0.15) is 42.6 Å². The molecule has 0 saturated carbocycles. The van der Waals surface area contributed by atoms with Gasteiger partial charge in [0.2, 0.25) is 5.91 Å². The number of piperidine rings is 1. The maximum absolute atomic E-state index is 13.3. The quantitative estimate of drug-likeness (QED) is 0.872. The molecule has 2 N–H and O–H groups in total. The van der Waals surface area contributed by atoms with E-state index in [1.807, 2.05) is 0 Å². The molecule has 136 valence electrons. The van der Waals surface area contributed by atoms with Crippen molar-refractivity contribution in [3.05, 3.63) is 11.1 Å². The second-order valence-electron chi connectivity index (χ2n) is 7.28.